The van der Waals surface area contributed by atoms with Crippen LogP contribution in [0, 0.1) is 5.92 Å². The number of halogens is 1. The molecule has 1 atom stereocenters. The molecule has 0 aliphatic heterocycles. The molecule has 2 heteroatoms. The Bertz CT molecular complexity index is 326. The average Bonchev–Trinajstić information content (AvgIpc) is 2.88. The minimum absolute atomic E-state index is 0.294. The average molecular weight is 239 g/mol. The number of aliphatic hydroxyl groups excluding tert-OH is 1. The second kappa shape index (κ2) is 3.64. The standard InChI is InChI=1S/C11H11BrO/c12-11-3-1-8(2-4-11)5-9-6-10(9)7-13/h1-5,10,13H,6-7H2/b9-5+. The Morgan fingerprint density at radius 1 is 1.38 bits per heavy atom. The van der Waals surface area contributed by atoms with Crippen LogP contribution >= 0.6 is 15.9 Å². The third-order valence-corrected chi connectivity index (χ3v) is 2.82. The predicted molar refractivity (Wildman–Crippen MR) is 57.3 cm³/mol. The second-order valence-electron chi connectivity index (χ2n) is 3.35. The van der Waals surface area contributed by atoms with Gasteiger partial charge in [-0.05, 0) is 24.1 Å². The van der Waals surface area contributed by atoms with Gasteiger partial charge in [0.05, 0.1) is 0 Å². The van der Waals surface area contributed by atoms with Crippen molar-refractivity contribution >= 4 is 22.0 Å². The Morgan fingerprint density at radius 2 is 2.08 bits per heavy atom. The Balaban J connectivity index is 2.11. The van der Waals surface area contributed by atoms with Crippen LogP contribution in [0.4, 0.5) is 0 Å². The summed E-state index contributed by atoms with van der Waals surface area (Å²) in [6.07, 6.45) is 3.22. The van der Waals surface area contributed by atoms with E-state index in [0.29, 0.717) is 12.5 Å². The van der Waals surface area contributed by atoms with Crippen LogP contribution in [0.1, 0.15) is 12.0 Å². The number of rotatable bonds is 2. The molecule has 0 spiro atoms. The maximum atomic E-state index is 8.85. The molecule has 1 unspecified atom stereocenters. The summed E-state index contributed by atoms with van der Waals surface area (Å²) in [5.41, 5.74) is 2.58. The highest BCUT2D eigenvalue weighted by atomic mass is 79.9. The van der Waals surface area contributed by atoms with E-state index in [1.165, 1.54) is 11.1 Å². The first kappa shape index (κ1) is 8.97. The quantitative estimate of drug-likeness (QED) is 0.841. The lowest BCUT2D eigenvalue weighted by molar-refractivity contribution is 0.281. The summed E-state index contributed by atoms with van der Waals surface area (Å²) < 4.78 is 1.10. The Morgan fingerprint density at radius 3 is 2.62 bits per heavy atom. The van der Waals surface area contributed by atoms with E-state index in [2.05, 4.69) is 34.1 Å². The normalized spacial score (nSPS) is 23.5. The fourth-order valence-corrected chi connectivity index (χ4v) is 1.62. The SMILES string of the molecule is OCC1C/C1=C\c1ccc(Br)cc1. The van der Waals surface area contributed by atoms with Gasteiger partial charge in [-0.2, -0.15) is 0 Å². The molecule has 0 radical (unpaired) electrons. The number of benzene rings is 1. The predicted octanol–water partition coefficient (Wildman–Crippen LogP) is 2.84. The van der Waals surface area contributed by atoms with Crippen molar-refractivity contribution in [1.29, 1.82) is 0 Å². The van der Waals surface area contributed by atoms with Crippen molar-refractivity contribution in [2.45, 2.75) is 6.42 Å². The summed E-state index contributed by atoms with van der Waals surface area (Å²) >= 11 is 3.39. The van der Waals surface area contributed by atoms with Gasteiger partial charge in [-0.3, -0.25) is 0 Å². The summed E-state index contributed by atoms with van der Waals surface area (Å²) in [5, 5.41) is 8.85. The highest BCUT2D eigenvalue weighted by Crippen LogP contribution is 2.38. The molecule has 68 valence electrons. The van der Waals surface area contributed by atoms with Crippen molar-refractivity contribution in [2.24, 2.45) is 5.92 Å². The van der Waals surface area contributed by atoms with Crippen LogP contribution in [0.2, 0.25) is 0 Å². The molecule has 0 heterocycles. The fourth-order valence-electron chi connectivity index (χ4n) is 1.36. The van der Waals surface area contributed by atoms with Crippen LogP contribution in [0.25, 0.3) is 6.08 Å². The van der Waals surface area contributed by atoms with Crippen molar-refractivity contribution in [1.82, 2.24) is 0 Å². The van der Waals surface area contributed by atoms with E-state index in [1.807, 2.05) is 12.1 Å². The third-order valence-electron chi connectivity index (χ3n) is 2.29. The van der Waals surface area contributed by atoms with Crippen molar-refractivity contribution in [2.75, 3.05) is 6.61 Å². The zero-order chi connectivity index (χ0) is 9.26. The monoisotopic (exact) mass is 238 g/mol. The topological polar surface area (TPSA) is 20.2 Å². The van der Waals surface area contributed by atoms with Gasteiger partial charge in [0, 0.05) is 17.0 Å². The van der Waals surface area contributed by atoms with Crippen LogP contribution in [0.3, 0.4) is 0 Å². The lowest BCUT2D eigenvalue weighted by Crippen LogP contribution is -1.81. The molecular formula is C11H11BrO. The Hall–Kier alpha value is -0.600. The maximum absolute atomic E-state index is 8.85. The summed E-state index contributed by atoms with van der Waals surface area (Å²) in [4.78, 5) is 0. The molecule has 1 aromatic rings. The van der Waals surface area contributed by atoms with Crippen molar-refractivity contribution in [3.05, 3.63) is 39.9 Å². The number of hydrogen-bond acceptors (Lipinski definition) is 1. The number of aliphatic hydroxyl groups is 1. The van der Waals surface area contributed by atoms with Crippen molar-refractivity contribution in [3.63, 3.8) is 0 Å². The molecule has 0 saturated heterocycles. The molecule has 1 aliphatic rings. The van der Waals surface area contributed by atoms with E-state index < -0.39 is 0 Å². The van der Waals surface area contributed by atoms with Gasteiger partial charge < -0.3 is 5.11 Å². The number of hydrogen-bond donors (Lipinski definition) is 1. The van der Waals surface area contributed by atoms with Gasteiger partial charge in [0.15, 0.2) is 0 Å². The van der Waals surface area contributed by atoms with E-state index in [9.17, 15) is 0 Å². The molecule has 1 aromatic carbocycles. The molecule has 1 N–H and O–H groups in total. The van der Waals surface area contributed by atoms with Crippen molar-refractivity contribution in [3.8, 4) is 0 Å². The Kier molecular flexibility index (Phi) is 2.51. The molecule has 0 aromatic heterocycles. The van der Waals surface area contributed by atoms with Crippen LogP contribution in [0.15, 0.2) is 34.3 Å². The molecule has 1 aliphatic carbocycles. The molecule has 1 fully saturated rings. The molecule has 1 nitrogen and oxygen atoms in total. The molecule has 0 amide bonds. The van der Waals surface area contributed by atoms with Crippen LogP contribution in [-0.2, 0) is 0 Å². The van der Waals surface area contributed by atoms with E-state index in [0.717, 1.165) is 10.9 Å². The van der Waals surface area contributed by atoms with Gasteiger partial charge in [0.25, 0.3) is 0 Å². The second-order valence-corrected chi connectivity index (χ2v) is 4.27. The summed E-state index contributed by atoms with van der Waals surface area (Å²) in [7, 11) is 0. The highest BCUT2D eigenvalue weighted by molar-refractivity contribution is 9.10. The van der Waals surface area contributed by atoms with E-state index in [1.54, 1.807) is 0 Å². The van der Waals surface area contributed by atoms with E-state index >= 15 is 0 Å². The van der Waals surface area contributed by atoms with Gasteiger partial charge >= 0.3 is 0 Å². The van der Waals surface area contributed by atoms with E-state index in [4.69, 9.17) is 5.11 Å². The van der Waals surface area contributed by atoms with Gasteiger partial charge in [-0.1, -0.05) is 39.7 Å². The molecular weight excluding hydrogens is 228 g/mol. The maximum Gasteiger partial charge on any atom is 0.0499 e. The van der Waals surface area contributed by atoms with Crippen LogP contribution in [-0.4, -0.2) is 11.7 Å². The first-order valence-electron chi connectivity index (χ1n) is 4.36. The van der Waals surface area contributed by atoms with Gasteiger partial charge in [-0.25, -0.2) is 0 Å². The molecule has 1 saturated carbocycles. The van der Waals surface area contributed by atoms with Gasteiger partial charge in [-0.15, -0.1) is 0 Å². The minimum Gasteiger partial charge on any atom is -0.396 e. The minimum atomic E-state index is 0.294. The molecule has 13 heavy (non-hydrogen) atoms. The Labute approximate surface area is 86.2 Å². The lowest BCUT2D eigenvalue weighted by Gasteiger charge is -1.92. The smallest absolute Gasteiger partial charge is 0.0499 e. The lowest BCUT2D eigenvalue weighted by atomic mass is 10.2. The summed E-state index contributed by atoms with van der Waals surface area (Å²) in [6.45, 7) is 0.294. The van der Waals surface area contributed by atoms with Crippen molar-refractivity contribution < 1.29 is 5.11 Å². The molecule has 2 rings (SSSR count). The zero-order valence-electron chi connectivity index (χ0n) is 7.20. The third kappa shape index (κ3) is 2.20. The van der Waals surface area contributed by atoms with Gasteiger partial charge in [0.2, 0.25) is 0 Å². The first-order chi connectivity index (χ1) is 6.29. The largest absolute Gasteiger partial charge is 0.396 e. The highest BCUT2D eigenvalue weighted by Gasteiger charge is 2.27. The van der Waals surface area contributed by atoms with E-state index in [-0.39, 0.29) is 0 Å². The zero-order valence-corrected chi connectivity index (χ0v) is 8.79. The molecule has 0 bridgehead atoms. The van der Waals surface area contributed by atoms with Crippen LogP contribution < -0.4 is 0 Å². The van der Waals surface area contributed by atoms with Gasteiger partial charge in [0.1, 0.15) is 0 Å². The fraction of sp³-hybridized carbons (Fsp3) is 0.273. The summed E-state index contributed by atoms with van der Waals surface area (Å²) in [5.74, 6) is 0.434. The summed E-state index contributed by atoms with van der Waals surface area (Å²) in [6, 6.07) is 8.21. The van der Waals surface area contributed by atoms with Crippen LogP contribution in [0.5, 0.6) is 0 Å². The first-order valence-corrected chi connectivity index (χ1v) is 5.16.